The molecule has 1 aromatic heterocycles. The zero-order valence-electron chi connectivity index (χ0n) is 15.0. The van der Waals surface area contributed by atoms with Crippen LogP contribution in [-0.4, -0.2) is 65.2 Å². The topological polar surface area (TPSA) is 95.0 Å². The fourth-order valence-corrected chi connectivity index (χ4v) is 3.62. The Hall–Kier alpha value is -2.49. The molecule has 0 saturated carbocycles. The maximum Gasteiger partial charge on any atom is 0.325 e. The first kappa shape index (κ1) is 19.3. The molecule has 3 rings (SSSR count). The number of carbonyl (C=O) groups excluding carboxylic acids is 1. The fraction of sp³-hybridized carbons (Fsp3) is 0.389. The number of morpholine rings is 1. The van der Waals surface area contributed by atoms with E-state index >= 15 is 0 Å². The molecule has 1 aliphatic rings. The number of carbonyl (C=O) groups is 2. The highest BCUT2D eigenvalue weighted by Gasteiger charge is 2.25. The zero-order chi connectivity index (χ0) is 19.2. The number of aliphatic carboxylic acids is 1. The van der Waals surface area contributed by atoms with E-state index in [1.165, 1.54) is 11.3 Å². The number of thiazole rings is 1. The molecule has 8 nitrogen and oxygen atoms in total. The number of hydrogen-bond donors (Lipinski definition) is 2. The highest BCUT2D eigenvalue weighted by molar-refractivity contribution is 7.09. The van der Waals surface area contributed by atoms with E-state index in [2.05, 4.69) is 10.3 Å². The molecule has 1 saturated heterocycles. The van der Waals surface area contributed by atoms with Crippen LogP contribution in [-0.2, 0) is 16.1 Å². The van der Waals surface area contributed by atoms with Gasteiger partial charge in [0.25, 0.3) is 0 Å². The number of anilines is 1. The lowest BCUT2D eigenvalue weighted by Crippen LogP contribution is -2.43. The summed E-state index contributed by atoms with van der Waals surface area (Å²) in [5.41, 5.74) is 1.27. The summed E-state index contributed by atoms with van der Waals surface area (Å²) in [6.45, 7) is 2.65. The van der Waals surface area contributed by atoms with Gasteiger partial charge in [-0.3, -0.25) is 9.69 Å². The molecule has 1 atom stereocenters. The molecule has 1 aliphatic heterocycles. The molecule has 0 radical (unpaired) electrons. The van der Waals surface area contributed by atoms with E-state index < -0.39 is 12.0 Å². The van der Waals surface area contributed by atoms with Gasteiger partial charge in [0.1, 0.15) is 11.0 Å². The van der Waals surface area contributed by atoms with Crippen LogP contribution in [0.15, 0.2) is 35.8 Å². The van der Waals surface area contributed by atoms with E-state index in [9.17, 15) is 14.7 Å². The monoisotopic (exact) mass is 390 g/mol. The van der Waals surface area contributed by atoms with Crippen LogP contribution in [0.1, 0.15) is 16.6 Å². The largest absolute Gasteiger partial charge is 0.480 e. The van der Waals surface area contributed by atoms with Crippen LogP contribution < -0.4 is 5.32 Å². The van der Waals surface area contributed by atoms with Crippen LogP contribution in [0.3, 0.4) is 0 Å². The molecule has 0 aliphatic carbocycles. The molecule has 2 N–H and O–H groups in total. The van der Waals surface area contributed by atoms with E-state index in [1.54, 1.807) is 47.3 Å². The lowest BCUT2D eigenvalue weighted by Gasteiger charge is -2.27. The molecule has 27 heavy (non-hydrogen) atoms. The lowest BCUT2D eigenvalue weighted by atomic mass is 10.1. The molecule has 0 spiro atoms. The predicted molar refractivity (Wildman–Crippen MR) is 102 cm³/mol. The van der Waals surface area contributed by atoms with Crippen molar-refractivity contribution >= 4 is 29.0 Å². The van der Waals surface area contributed by atoms with Gasteiger partial charge in [0.05, 0.1) is 19.8 Å². The Morgan fingerprint density at radius 1 is 1.33 bits per heavy atom. The predicted octanol–water partition coefficient (Wildman–Crippen LogP) is 2.26. The normalized spacial score (nSPS) is 15.6. The number of amides is 2. The van der Waals surface area contributed by atoms with Gasteiger partial charge in [-0.25, -0.2) is 9.78 Å². The Morgan fingerprint density at radius 3 is 2.63 bits per heavy atom. The maximum atomic E-state index is 12.2. The van der Waals surface area contributed by atoms with Gasteiger partial charge in [-0.2, -0.15) is 0 Å². The first-order valence-electron chi connectivity index (χ1n) is 8.59. The molecule has 9 heteroatoms. The molecule has 144 valence electrons. The number of hydrogen-bond acceptors (Lipinski definition) is 6. The molecule has 1 fully saturated rings. The zero-order valence-corrected chi connectivity index (χ0v) is 15.8. The van der Waals surface area contributed by atoms with Crippen LogP contribution in [0.5, 0.6) is 0 Å². The summed E-state index contributed by atoms with van der Waals surface area (Å²) >= 11 is 1.49. The minimum absolute atomic E-state index is 0.179. The van der Waals surface area contributed by atoms with Crippen molar-refractivity contribution in [3.8, 4) is 0 Å². The first-order valence-corrected chi connectivity index (χ1v) is 9.47. The average molecular weight is 390 g/mol. The summed E-state index contributed by atoms with van der Waals surface area (Å²) < 4.78 is 5.24. The molecule has 0 unspecified atom stereocenters. The Balaban J connectivity index is 1.66. The second kappa shape index (κ2) is 8.94. The number of carboxylic acid groups (broad SMARTS) is 1. The van der Waals surface area contributed by atoms with Crippen molar-refractivity contribution in [1.29, 1.82) is 0 Å². The molecule has 2 heterocycles. The van der Waals surface area contributed by atoms with Crippen LogP contribution in [0.4, 0.5) is 10.5 Å². The highest BCUT2D eigenvalue weighted by Crippen LogP contribution is 2.24. The van der Waals surface area contributed by atoms with Gasteiger partial charge in [-0.05, 0) is 24.7 Å². The average Bonchev–Trinajstić information content (AvgIpc) is 3.16. The number of benzene rings is 1. The Morgan fingerprint density at radius 2 is 2.04 bits per heavy atom. The third-order valence-electron chi connectivity index (χ3n) is 4.32. The number of urea groups is 1. The van der Waals surface area contributed by atoms with Crippen LogP contribution >= 0.6 is 11.3 Å². The lowest BCUT2D eigenvalue weighted by molar-refractivity contribution is -0.143. The number of nitrogens with one attached hydrogen (secondary N) is 1. The molecular formula is C18H22N4O4S. The second-order valence-corrected chi connectivity index (χ2v) is 7.21. The number of aromatic nitrogens is 1. The number of nitrogens with zero attached hydrogens (tertiary/aromatic N) is 3. The van der Waals surface area contributed by atoms with E-state index in [1.807, 2.05) is 5.38 Å². The second-order valence-electron chi connectivity index (χ2n) is 6.23. The van der Waals surface area contributed by atoms with Crippen molar-refractivity contribution in [2.45, 2.75) is 12.6 Å². The van der Waals surface area contributed by atoms with Crippen LogP contribution in [0.25, 0.3) is 0 Å². The Bertz CT molecular complexity index is 760. The van der Waals surface area contributed by atoms with Crippen LogP contribution in [0.2, 0.25) is 0 Å². The van der Waals surface area contributed by atoms with Gasteiger partial charge in [0, 0.05) is 30.4 Å². The standard InChI is InChI=1S/C18H22N4O4S/c1-21(12-15-19-6-11-27-15)16(17(23)24)13-2-4-14(5-3-13)20-18(25)22-7-9-26-10-8-22/h2-6,11,16H,7-10,12H2,1H3,(H,20,25)(H,23,24)/t16-/m1/s1. The first-order chi connectivity index (χ1) is 13.0. The van der Waals surface area contributed by atoms with Crippen molar-refractivity contribution in [1.82, 2.24) is 14.8 Å². The van der Waals surface area contributed by atoms with Crippen LogP contribution in [0, 0.1) is 0 Å². The van der Waals surface area contributed by atoms with E-state index in [0.29, 0.717) is 44.1 Å². The summed E-state index contributed by atoms with van der Waals surface area (Å²) in [5.74, 6) is -0.931. The number of ether oxygens (including phenoxy) is 1. The van der Waals surface area contributed by atoms with Crippen molar-refractivity contribution in [2.24, 2.45) is 0 Å². The van der Waals surface area contributed by atoms with Crippen molar-refractivity contribution in [3.05, 3.63) is 46.4 Å². The summed E-state index contributed by atoms with van der Waals surface area (Å²) in [6, 6.07) is 5.93. The summed E-state index contributed by atoms with van der Waals surface area (Å²) in [6.07, 6.45) is 1.70. The van der Waals surface area contributed by atoms with Crippen molar-refractivity contribution < 1.29 is 19.4 Å². The molecule has 1 aromatic carbocycles. The minimum Gasteiger partial charge on any atom is -0.480 e. The third-order valence-corrected chi connectivity index (χ3v) is 5.08. The Kier molecular flexibility index (Phi) is 6.38. The highest BCUT2D eigenvalue weighted by atomic mass is 32.1. The smallest absolute Gasteiger partial charge is 0.325 e. The summed E-state index contributed by atoms with van der Waals surface area (Å²) in [5, 5.41) is 15.2. The summed E-state index contributed by atoms with van der Waals surface area (Å²) in [4.78, 5) is 31.7. The third kappa shape index (κ3) is 5.03. The quantitative estimate of drug-likeness (QED) is 0.786. The minimum atomic E-state index is -0.931. The molecule has 2 aromatic rings. The van der Waals surface area contributed by atoms with Gasteiger partial charge < -0.3 is 20.1 Å². The SMILES string of the molecule is CN(Cc1nccs1)[C@@H](C(=O)O)c1ccc(NC(=O)N2CCOCC2)cc1. The van der Waals surface area contributed by atoms with Gasteiger partial charge in [0.15, 0.2) is 0 Å². The van der Waals surface area contributed by atoms with E-state index in [4.69, 9.17) is 4.74 Å². The van der Waals surface area contributed by atoms with E-state index in [0.717, 1.165) is 5.01 Å². The molecule has 2 amide bonds. The van der Waals surface area contributed by atoms with Gasteiger partial charge >= 0.3 is 12.0 Å². The molecular weight excluding hydrogens is 368 g/mol. The van der Waals surface area contributed by atoms with Gasteiger partial charge in [0.2, 0.25) is 0 Å². The maximum absolute atomic E-state index is 12.2. The van der Waals surface area contributed by atoms with Gasteiger partial charge in [-0.15, -0.1) is 11.3 Å². The van der Waals surface area contributed by atoms with Gasteiger partial charge in [-0.1, -0.05) is 12.1 Å². The fourth-order valence-electron chi connectivity index (χ4n) is 2.94. The molecule has 0 bridgehead atoms. The number of likely N-dealkylation sites (N-methyl/N-ethyl adjacent to an activating group) is 1. The van der Waals surface area contributed by atoms with Crippen molar-refractivity contribution in [2.75, 3.05) is 38.7 Å². The summed E-state index contributed by atoms with van der Waals surface area (Å²) in [7, 11) is 1.76. The van der Waals surface area contributed by atoms with Crippen molar-refractivity contribution in [3.63, 3.8) is 0 Å². The van der Waals surface area contributed by atoms with E-state index in [-0.39, 0.29) is 6.03 Å². The Labute approximate surface area is 161 Å². The number of carboxylic acids is 1. The number of rotatable bonds is 6.